The minimum absolute atomic E-state index is 0.184. The monoisotopic (exact) mass is 483 g/mol. The van der Waals surface area contributed by atoms with E-state index in [1.165, 1.54) is 7.11 Å². The highest BCUT2D eigenvalue weighted by Crippen LogP contribution is 2.40. The topological polar surface area (TPSA) is 82.5 Å². The second kappa shape index (κ2) is 8.42. The Morgan fingerprint density at radius 2 is 1.79 bits per heavy atom. The maximum Gasteiger partial charge on any atom is 0.202 e. The summed E-state index contributed by atoms with van der Waals surface area (Å²) in [6.45, 7) is 0. The zero-order chi connectivity index (χ0) is 24.1. The lowest BCUT2D eigenvalue weighted by Crippen LogP contribution is -2.26. The van der Waals surface area contributed by atoms with Crippen LogP contribution in [0.25, 0.3) is 22.0 Å². The zero-order valence-corrected chi connectivity index (χ0v) is 18.8. The third kappa shape index (κ3) is 3.71. The van der Waals surface area contributed by atoms with Gasteiger partial charge in [-0.15, -0.1) is 0 Å². The van der Waals surface area contributed by atoms with E-state index < -0.39 is 28.9 Å². The number of aromatic hydroxyl groups is 1. The zero-order valence-electron chi connectivity index (χ0n) is 18.0. The van der Waals surface area contributed by atoms with Crippen molar-refractivity contribution in [2.24, 2.45) is 0 Å². The molecule has 5 nitrogen and oxygen atoms in total. The highest BCUT2D eigenvalue weighted by atomic mass is 35.5. The van der Waals surface area contributed by atoms with Gasteiger partial charge in [0.1, 0.15) is 5.82 Å². The van der Waals surface area contributed by atoms with E-state index in [2.05, 4.69) is 4.98 Å². The van der Waals surface area contributed by atoms with Crippen molar-refractivity contribution in [1.29, 1.82) is 0 Å². The molecule has 8 heteroatoms. The van der Waals surface area contributed by atoms with Crippen molar-refractivity contribution in [1.82, 2.24) is 4.98 Å². The fourth-order valence-electron chi connectivity index (χ4n) is 4.44. The number of fused-ring (bicyclic) bond motifs is 1. The lowest BCUT2D eigenvalue weighted by atomic mass is 9.77. The van der Waals surface area contributed by atoms with Gasteiger partial charge in [-0.2, -0.15) is 0 Å². The Labute approximate surface area is 198 Å². The van der Waals surface area contributed by atoms with Gasteiger partial charge >= 0.3 is 0 Å². The van der Waals surface area contributed by atoms with Crippen LogP contribution in [0.2, 0.25) is 5.02 Å². The molecule has 1 heterocycles. The smallest absolute Gasteiger partial charge is 0.202 e. The summed E-state index contributed by atoms with van der Waals surface area (Å²) in [5.74, 6) is -3.21. The van der Waals surface area contributed by atoms with Crippen molar-refractivity contribution in [3.05, 3.63) is 81.9 Å². The molecule has 1 saturated carbocycles. The van der Waals surface area contributed by atoms with E-state index in [1.54, 1.807) is 12.1 Å². The molecule has 0 unspecified atom stereocenters. The molecule has 3 aromatic carbocycles. The average molecular weight is 484 g/mol. The van der Waals surface area contributed by atoms with Crippen molar-refractivity contribution >= 4 is 28.3 Å². The van der Waals surface area contributed by atoms with Crippen molar-refractivity contribution in [3.8, 4) is 22.8 Å². The largest absolute Gasteiger partial charge is 0.494 e. The van der Waals surface area contributed by atoms with E-state index in [0.717, 1.165) is 36.1 Å². The van der Waals surface area contributed by atoms with Crippen LogP contribution in [-0.2, 0) is 0 Å². The number of ketones is 1. The van der Waals surface area contributed by atoms with E-state index in [0.29, 0.717) is 27.4 Å². The Balaban J connectivity index is 1.57. The van der Waals surface area contributed by atoms with E-state index >= 15 is 0 Å². The standard InChI is InChI=1S/C26H20ClF2NO4/c1-34-23-11-20(28)17(9-21(23)29)25(32)24-18-8-16(19(27)10-22(18)30-26(24)33)13-4-2-12(3-5-13)14-6-15(31)7-14/h2-5,8-11,14-15,30-31,33H,6-7H2,1H3. The summed E-state index contributed by atoms with van der Waals surface area (Å²) in [7, 11) is 1.19. The number of benzene rings is 3. The van der Waals surface area contributed by atoms with Crippen LogP contribution in [0.4, 0.5) is 8.78 Å². The molecule has 0 radical (unpaired) electrons. The van der Waals surface area contributed by atoms with Gasteiger partial charge in [0.15, 0.2) is 11.6 Å². The summed E-state index contributed by atoms with van der Waals surface area (Å²) < 4.78 is 33.5. The lowest BCUT2D eigenvalue weighted by Gasteiger charge is -2.31. The quantitative estimate of drug-likeness (QED) is 0.306. The van der Waals surface area contributed by atoms with Crippen molar-refractivity contribution in [3.63, 3.8) is 0 Å². The Morgan fingerprint density at radius 3 is 2.44 bits per heavy atom. The normalized spacial score (nSPS) is 17.6. The molecule has 1 aliphatic carbocycles. The molecule has 0 bridgehead atoms. The number of aliphatic hydroxyl groups is 1. The van der Waals surface area contributed by atoms with Gasteiger partial charge in [-0.1, -0.05) is 35.9 Å². The maximum absolute atomic E-state index is 14.6. The first-order valence-electron chi connectivity index (χ1n) is 10.7. The molecule has 1 aliphatic rings. The number of carbonyl (C=O) groups is 1. The van der Waals surface area contributed by atoms with Gasteiger partial charge in [0.05, 0.1) is 34.9 Å². The van der Waals surface area contributed by atoms with Crippen molar-refractivity contribution in [2.75, 3.05) is 7.11 Å². The van der Waals surface area contributed by atoms with Crippen LogP contribution in [0.15, 0.2) is 48.5 Å². The van der Waals surface area contributed by atoms with Crippen molar-refractivity contribution in [2.45, 2.75) is 24.9 Å². The molecule has 1 aromatic heterocycles. The Morgan fingerprint density at radius 1 is 1.09 bits per heavy atom. The number of methoxy groups -OCH3 is 1. The van der Waals surface area contributed by atoms with E-state index in [-0.39, 0.29) is 17.4 Å². The molecule has 5 rings (SSSR count). The van der Waals surface area contributed by atoms with Crippen LogP contribution >= 0.6 is 11.6 Å². The SMILES string of the molecule is COc1cc(F)c(C(=O)c2c(O)[nH]c3cc(Cl)c(-c4ccc(C5CC(O)C5)cc4)cc23)cc1F. The predicted molar refractivity (Wildman–Crippen MR) is 125 cm³/mol. The predicted octanol–water partition coefficient (Wildman–Crippen LogP) is 5.95. The number of carbonyl (C=O) groups excluding carboxylic acids is 1. The summed E-state index contributed by atoms with van der Waals surface area (Å²) in [4.78, 5) is 15.8. The first-order valence-corrected chi connectivity index (χ1v) is 11.0. The summed E-state index contributed by atoms with van der Waals surface area (Å²) in [6, 6.07) is 12.5. The summed E-state index contributed by atoms with van der Waals surface area (Å²) in [6.07, 6.45) is 1.23. The molecule has 0 atom stereocenters. The number of rotatable bonds is 5. The fourth-order valence-corrected chi connectivity index (χ4v) is 4.71. The second-order valence-corrected chi connectivity index (χ2v) is 8.87. The van der Waals surface area contributed by atoms with Crippen LogP contribution in [0.5, 0.6) is 11.6 Å². The van der Waals surface area contributed by atoms with Gasteiger partial charge in [-0.3, -0.25) is 4.79 Å². The molecule has 0 saturated heterocycles. The molecule has 4 aromatic rings. The molecular weight excluding hydrogens is 464 g/mol. The number of aromatic nitrogens is 1. The van der Waals surface area contributed by atoms with Crippen LogP contribution in [0.3, 0.4) is 0 Å². The average Bonchev–Trinajstić information content (AvgIpc) is 3.11. The first kappa shape index (κ1) is 22.4. The number of nitrogens with one attached hydrogen (secondary N) is 1. The molecule has 0 spiro atoms. The Bertz CT molecular complexity index is 1430. The molecule has 0 aliphatic heterocycles. The van der Waals surface area contributed by atoms with Gasteiger partial charge in [0, 0.05) is 17.0 Å². The minimum atomic E-state index is -0.970. The molecule has 3 N–H and O–H groups in total. The van der Waals surface area contributed by atoms with Crippen LogP contribution in [0.1, 0.15) is 40.2 Å². The Kier molecular flexibility index (Phi) is 5.54. The van der Waals surface area contributed by atoms with Gasteiger partial charge in [-0.05, 0) is 48.1 Å². The number of hydrogen-bond donors (Lipinski definition) is 3. The van der Waals surface area contributed by atoms with E-state index in [9.17, 15) is 23.8 Å². The number of halogens is 3. The van der Waals surface area contributed by atoms with E-state index in [1.807, 2.05) is 24.3 Å². The number of aromatic amines is 1. The maximum atomic E-state index is 14.6. The molecule has 174 valence electrons. The second-order valence-electron chi connectivity index (χ2n) is 8.47. The van der Waals surface area contributed by atoms with Gasteiger partial charge < -0.3 is 19.9 Å². The minimum Gasteiger partial charge on any atom is -0.494 e. The molecule has 1 fully saturated rings. The number of H-pyrrole nitrogens is 1. The van der Waals surface area contributed by atoms with Crippen LogP contribution in [0, 0.1) is 11.6 Å². The lowest BCUT2D eigenvalue weighted by molar-refractivity contribution is 0.0746. The first-order chi connectivity index (χ1) is 16.3. The molecule has 0 amide bonds. The van der Waals surface area contributed by atoms with Gasteiger partial charge in [-0.25, -0.2) is 8.78 Å². The van der Waals surface area contributed by atoms with Gasteiger partial charge in [0.2, 0.25) is 11.7 Å². The Hall–Kier alpha value is -3.42. The number of hydrogen-bond acceptors (Lipinski definition) is 4. The third-order valence-electron chi connectivity index (χ3n) is 6.39. The number of ether oxygens (including phenoxy) is 1. The van der Waals surface area contributed by atoms with Crippen molar-refractivity contribution < 1.29 is 28.5 Å². The summed E-state index contributed by atoms with van der Waals surface area (Å²) in [5, 5.41) is 20.7. The van der Waals surface area contributed by atoms with Crippen LogP contribution < -0.4 is 4.74 Å². The van der Waals surface area contributed by atoms with E-state index in [4.69, 9.17) is 16.3 Å². The molecule has 34 heavy (non-hydrogen) atoms. The summed E-state index contributed by atoms with van der Waals surface area (Å²) >= 11 is 6.49. The third-order valence-corrected chi connectivity index (χ3v) is 6.70. The highest BCUT2D eigenvalue weighted by molar-refractivity contribution is 6.34. The number of aliphatic hydroxyl groups excluding tert-OH is 1. The fraction of sp³-hybridized carbons (Fsp3) is 0.192. The molecular formula is C26H20ClF2NO4. The van der Waals surface area contributed by atoms with Gasteiger partial charge in [0.25, 0.3) is 0 Å². The summed E-state index contributed by atoms with van der Waals surface area (Å²) in [5.41, 5.74) is 2.19. The van der Waals surface area contributed by atoms with Crippen LogP contribution in [-0.4, -0.2) is 34.2 Å². The highest BCUT2D eigenvalue weighted by Gasteiger charge is 2.28.